The quantitative estimate of drug-likeness (QED) is 0.678. The van der Waals surface area contributed by atoms with E-state index in [1.807, 2.05) is 0 Å². The second-order valence-corrected chi connectivity index (χ2v) is 5.67. The molecule has 24 heavy (non-hydrogen) atoms. The number of fused-ring (bicyclic) bond motifs is 2. The predicted octanol–water partition coefficient (Wildman–Crippen LogP) is 1.99. The third kappa shape index (κ3) is 2.24. The molecule has 0 atom stereocenters. The van der Waals surface area contributed by atoms with Crippen LogP contribution in [-0.2, 0) is 16.1 Å². The summed E-state index contributed by atoms with van der Waals surface area (Å²) in [5.41, 5.74) is 2.37. The molecular formula is C16H9N3O4S. The Morgan fingerprint density at radius 3 is 2.42 bits per heavy atom. The van der Waals surface area contributed by atoms with Gasteiger partial charge in [-0.05, 0) is 23.8 Å². The number of rotatable bonds is 3. The Morgan fingerprint density at radius 1 is 1.00 bits per heavy atom. The molecule has 1 aliphatic heterocycles. The first-order chi connectivity index (χ1) is 11.6. The van der Waals surface area contributed by atoms with E-state index < -0.39 is 17.8 Å². The number of carbonyl (C=O) groups is 3. The van der Waals surface area contributed by atoms with Crippen LogP contribution in [0.2, 0.25) is 0 Å². The van der Waals surface area contributed by atoms with Gasteiger partial charge in [-0.1, -0.05) is 29.3 Å². The van der Waals surface area contributed by atoms with Crippen LogP contribution in [0.25, 0.3) is 11.0 Å². The van der Waals surface area contributed by atoms with Gasteiger partial charge in [-0.3, -0.25) is 9.59 Å². The minimum Gasteiger partial charge on any atom is -0.329 e. The highest BCUT2D eigenvalue weighted by Crippen LogP contribution is 2.23. The molecule has 4 rings (SSSR count). The summed E-state index contributed by atoms with van der Waals surface area (Å²) in [4.78, 5) is 41.5. The monoisotopic (exact) mass is 339 g/mol. The summed E-state index contributed by atoms with van der Waals surface area (Å²) in [6.07, 6.45) is -0.115. The summed E-state index contributed by atoms with van der Waals surface area (Å²) >= 11 is 1.05. The summed E-state index contributed by atoms with van der Waals surface area (Å²) < 4.78 is 8.24. The molecule has 2 amide bonds. The smallest absolute Gasteiger partial charge is 0.329 e. The van der Waals surface area contributed by atoms with Crippen LogP contribution in [0, 0.1) is 0 Å². The first-order valence-electron chi connectivity index (χ1n) is 7.04. The molecule has 8 heteroatoms. The molecule has 118 valence electrons. The van der Waals surface area contributed by atoms with E-state index in [-0.39, 0.29) is 17.5 Å². The van der Waals surface area contributed by atoms with Crippen molar-refractivity contribution in [2.45, 2.75) is 6.42 Å². The molecule has 1 aliphatic rings. The highest BCUT2D eigenvalue weighted by Gasteiger charge is 2.38. The lowest BCUT2D eigenvalue weighted by atomic mass is 10.1. The van der Waals surface area contributed by atoms with E-state index in [2.05, 4.69) is 8.75 Å². The van der Waals surface area contributed by atoms with Gasteiger partial charge in [0.2, 0.25) is 0 Å². The first-order valence-corrected chi connectivity index (χ1v) is 7.77. The van der Waals surface area contributed by atoms with E-state index in [1.54, 1.807) is 30.3 Å². The molecular weight excluding hydrogens is 330 g/mol. The lowest BCUT2D eigenvalue weighted by Crippen LogP contribution is -2.33. The number of nitrogens with zero attached hydrogens (tertiary/aromatic N) is 3. The van der Waals surface area contributed by atoms with Crippen molar-refractivity contribution in [3.8, 4) is 0 Å². The zero-order valence-electron chi connectivity index (χ0n) is 12.1. The number of carbonyl (C=O) groups excluding carboxylic acids is 3. The average molecular weight is 339 g/mol. The summed E-state index contributed by atoms with van der Waals surface area (Å²) in [6.45, 7) is 0. The van der Waals surface area contributed by atoms with Crippen molar-refractivity contribution in [2.75, 3.05) is 0 Å². The van der Waals surface area contributed by atoms with Crippen molar-refractivity contribution < 1.29 is 19.2 Å². The molecule has 0 saturated heterocycles. The molecule has 0 N–H and O–H groups in total. The van der Waals surface area contributed by atoms with Crippen molar-refractivity contribution in [2.24, 2.45) is 0 Å². The van der Waals surface area contributed by atoms with Gasteiger partial charge in [-0.25, -0.2) is 4.79 Å². The third-order valence-electron chi connectivity index (χ3n) is 3.65. The number of imide groups is 1. The van der Waals surface area contributed by atoms with Crippen LogP contribution >= 0.6 is 11.7 Å². The maximum Gasteiger partial charge on any atom is 0.337 e. The summed E-state index contributed by atoms with van der Waals surface area (Å²) in [7, 11) is 0. The zero-order chi connectivity index (χ0) is 16.7. The fraction of sp³-hybridized carbons (Fsp3) is 0.0625. The van der Waals surface area contributed by atoms with Gasteiger partial charge < -0.3 is 4.84 Å². The Kier molecular flexibility index (Phi) is 3.31. The minimum atomic E-state index is -0.718. The second kappa shape index (κ2) is 5.50. The standard InChI is InChI=1S/C16H9N3O4S/c20-13(8-9-4-3-7-12-14(9)18-24-17-12)23-19-15(21)10-5-1-2-6-11(10)16(19)22/h1-7H,8H2. The van der Waals surface area contributed by atoms with Crippen LogP contribution in [0.3, 0.4) is 0 Å². The molecule has 0 saturated carbocycles. The van der Waals surface area contributed by atoms with E-state index in [0.29, 0.717) is 21.7 Å². The lowest BCUT2D eigenvalue weighted by Gasteiger charge is -2.12. The maximum atomic E-state index is 12.2. The first kappa shape index (κ1) is 14.5. The van der Waals surface area contributed by atoms with Crippen molar-refractivity contribution in [3.63, 3.8) is 0 Å². The van der Waals surface area contributed by atoms with Crippen LogP contribution in [0.15, 0.2) is 42.5 Å². The van der Waals surface area contributed by atoms with Crippen LogP contribution in [0.4, 0.5) is 0 Å². The van der Waals surface area contributed by atoms with Crippen LogP contribution < -0.4 is 0 Å². The fourth-order valence-corrected chi connectivity index (χ4v) is 3.11. The van der Waals surface area contributed by atoms with E-state index in [1.165, 1.54) is 12.1 Å². The molecule has 0 spiro atoms. The summed E-state index contributed by atoms with van der Waals surface area (Å²) in [6, 6.07) is 11.6. The Morgan fingerprint density at radius 2 is 1.71 bits per heavy atom. The predicted molar refractivity (Wildman–Crippen MR) is 84.2 cm³/mol. The highest BCUT2D eigenvalue weighted by molar-refractivity contribution is 7.00. The Bertz CT molecular complexity index is 963. The van der Waals surface area contributed by atoms with Crippen molar-refractivity contribution in [3.05, 3.63) is 59.2 Å². The number of hydrogen-bond acceptors (Lipinski definition) is 7. The molecule has 0 unspecified atom stereocenters. The van der Waals surface area contributed by atoms with E-state index in [9.17, 15) is 14.4 Å². The zero-order valence-corrected chi connectivity index (χ0v) is 12.9. The average Bonchev–Trinajstić information content (AvgIpc) is 3.16. The molecule has 7 nitrogen and oxygen atoms in total. The largest absolute Gasteiger partial charge is 0.337 e. The molecule has 0 fully saturated rings. The maximum absolute atomic E-state index is 12.2. The number of amides is 2. The molecule has 3 aromatic rings. The molecule has 0 radical (unpaired) electrons. The number of hydroxylamine groups is 2. The van der Waals surface area contributed by atoms with Gasteiger partial charge in [0, 0.05) is 0 Å². The van der Waals surface area contributed by atoms with Gasteiger partial charge in [0.1, 0.15) is 11.0 Å². The van der Waals surface area contributed by atoms with Gasteiger partial charge in [0.15, 0.2) is 0 Å². The number of benzene rings is 2. The van der Waals surface area contributed by atoms with Crippen LogP contribution in [0.5, 0.6) is 0 Å². The molecule has 0 bridgehead atoms. The Labute approximate surface area is 139 Å². The highest BCUT2D eigenvalue weighted by atomic mass is 32.1. The van der Waals surface area contributed by atoms with Crippen molar-refractivity contribution >= 4 is 40.5 Å². The summed E-state index contributed by atoms with van der Waals surface area (Å²) in [5.74, 6) is -2.00. The second-order valence-electron chi connectivity index (χ2n) is 5.14. The van der Waals surface area contributed by atoms with Gasteiger partial charge in [-0.15, -0.1) is 0 Å². The Balaban J connectivity index is 1.54. The van der Waals surface area contributed by atoms with Crippen LogP contribution in [0.1, 0.15) is 26.3 Å². The van der Waals surface area contributed by atoms with Gasteiger partial charge in [-0.2, -0.15) is 8.75 Å². The normalized spacial score (nSPS) is 13.4. The summed E-state index contributed by atoms with van der Waals surface area (Å²) in [5, 5.41) is 0.506. The fourth-order valence-electron chi connectivity index (χ4n) is 2.54. The van der Waals surface area contributed by atoms with Crippen molar-refractivity contribution in [1.82, 2.24) is 13.8 Å². The topological polar surface area (TPSA) is 89.5 Å². The molecule has 2 heterocycles. The number of aromatic nitrogens is 2. The van der Waals surface area contributed by atoms with E-state index in [0.717, 1.165) is 11.7 Å². The van der Waals surface area contributed by atoms with Gasteiger partial charge >= 0.3 is 5.97 Å². The molecule has 2 aromatic carbocycles. The van der Waals surface area contributed by atoms with Gasteiger partial charge in [0.05, 0.1) is 29.3 Å². The molecule has 1 aromatic heterocycles. The van der Waals surface area contributed by atoms with Crippen molar-refractivity contribution in [1.29, 1.82) is 0 Å². The van der Waals surface area contributed by atoms with Crippen LogP contribution in [-0.4, -0.2) is 31.6 Å². The SMILES string of the molecule is O=C(Cc1cccc2nsnc12)ON1C(=O)c2ccccc2C1=O. The molecule has 0 aliphatic carbocycles. The van der Waals surface area contributed by atoms with E-state index in [4.69, 9.17) is 4.84 Å². The Hall–Kier alpha value is -3.13. The van der Waals surface area contributed by atoms with E-state index >= 15 is 0 Å². The lowest BCUT2D eigenvalue weighted by molar-refractivity contribution is -0.167. The third-order valence-corrected chi connectivity index (χ3v) is 4.20. The minimum absolute atomic E-state index is 0.115. The van der Waals surface area contributed by atoms with Gasteiger partial charge in [0.25, 0.3) is 11.8 Å². The number of hydrogen-bond donors (Lipinski definition) is 0.